The average Bonchev–Trinajstić information content (AvgIpc) is 3.40. The van der Waals surface area contributed by atoms with Gasteiger partial charge in [-0.1, -0.05) is 0 Å². The largest absolute Gasteiger partial charge is 0.462 e. The van der Waals surface area contributed by atoms with Gasteiger partial charge in [-0.25, -0.2) is 23.5 Å². The first-order chi connectivity index (χ1) is 13.0. The summed E-state index contributed by atoms with van der Waals surface area (Å²) >= 11 is 1.35. The molecule has 0 aromatic carbocycles. The van der Waals surface area contributed by atoms with Crippen LogP contribution < -0.4 is 5.32 Å². The van der Waals surface area contributed by atoms with Gasteiger partial charge in [-0.05, 0) is 50.0 Å². The standard InChI is InChI=1S/C19H23F2N3O2S/c1-2-26-18(25)15-13(12-3-4-12)14-16(23-10-24-17(14)27-15)22-9-11-5-7-19(20,21)8-6-11/h10-12H,2-9H2,1H3,(H,22,23,24). The lowest BCUT2D eigenvalue weighted by Crippen LogP contribution is -2.28. The summed E-state index contributed by atoms with van der Waals surface area (Å²) in [6.07, 6.45) is 4.52. The predicted octanol–water partition coefficient (Wildman–Crippen LogP) is 4.98. The summed E-state index contributed by atoms with van der Waals surface area (Å²) < 4.78 is 31.9. The highest BCUT2D eigenvalue weighted by Gasteiger charge is 2.36. The van der Waals surface area contributed by atoms with Crippen LogP contribution >= 0.6 is 11.3 Å². The second-order valence-corrected chi connectivity index (χ2v) is 8.42. The van der Waals surface area contributed by atoms with Gasteiger partial charge < -0.3 is 10.1 Å². The van der Waals surface area contributed by atoms with E-state index in [-0.39, 0.29) is 24.7 Å². The smallest absolute Gasteiger partial charge is 0.348 e. The third-order valence-electron chi connectivity index (χ3n) is 5.37. The van der Waals surface area contributed by atoms with Crippen molar-refractivity contribution in [3.63, 3.8) is 0 Å². The van der Waals surface area contributed by atoms with Crippen LogP contribution in [0.1, 0.15) is 66.6 Å². The zero-order chi connectivity index (χ0) is 19.0. The number of ether oxygens (including phenoxy) is 1. The molecule has 0 radical (unpaired) electrons. The molecule has 2 aromatic heterocycles. The van der Waals surface area contributed by atoms with Crippen LogP contribution in [-0.2, 0) is 4.74 Å². The number of rotatable bonds is 6. The first-order valence-electron chi connectivity index (χ1n) is 9.54. The number of aromatic nitrogens is 2. The van der Waals surface area contributed by atoms with Crippen molar-refractivity contribution in [2.75, 3.05) is 18.5 Å². The second kappa shape index (κ2) is 7.30. The number of carbonyl (C=O) groups is 1. The molecule has 1 N–H and O–H groups in total. The highest BCUT2D eigenvalue weighted by Crippen LogP contribution is 2.49. The Bertz CT molecular complexity index is 841. The SMILES string of the molecule is CCOC(=O)c1sc2ncnc(NCC3CCC(F)(F)CC3)c2c1C1CC1. The van der Waals surface area contributed by atoms with E-state index in [0.29, 0.717) is 42.6 Å². The second-order valence-electron chi connectivity index (χ2n) is 7.42. The number of hydrogen-bond acceptors (Lipinski definition) is 6. The Balaban J connectivity index is 1.59. The van der Waals surface area contributed by atoms with E-state index in [1.807, 2.05) is 0 Å². The van der Waals surface area contributed by atoms with Crippen molar-refractivity contribution in [3.8, 4) is 0 Å². The molecule has 2 saturated carbocycles. The van der Waals surface area contributed by atoms with Gasteiger partial charge in [0.25, 0.3) is 0 Å². The Kier molecular flexibility index (Phi) is 5.01. The van der Waals surface area contributed by atoms with Gasteiger partial charge in [0.2, 0.25) is 5.92 Å². The predicted molar refractivity (Wildman–Crippen MR) is 101 cm³/mol. The highest BCUT2D eigenvalue weighted by atomic mass is 32.1. The molecule has 2 aliphatic carbocycles. The maximum absolute atomic E-state index is 13.4. The van der Waals surface area contributed by atoms with E-state index in [1.165, 1.54) is 17.7 Å². The van der Waals surface area contributed by atoms with Gasteiger partial charge in [0.1, 0.15) is 21.9 Å². The van der Waals surface area contributed by atoms with Gasteiger partial charge in [0.05, 0.1) is 12.0 Å². The minimum atomic E-state index is -2.51. The molecule has 2 heterocycles. The molecule has 27 heavy (non-hydrogen) atoms. The Labute approximate surface area is 160 Å². The normalized spacial score (nSPS) is 20.0. The van der Waals surface area contributed by atoms with E-state index in [1.54, 1.807) is 6.92 Å². The molecule has 8 heteroatoms. The molecule has 0 saturated heterocycles. The maximum Gasteiger partial charge on any atom is 0.348 e. The molecule has 0 aliphatic heterocycles. The lowest BCUT2D eigenvalue weighted by molar-refractivity contribution is -0.0443. The van der Waals surface area contributed by atoms with E-state index >= 15 is 0 Å². The molecule has 0 bridgehead atoms. The van der Waals surface area contributed by atoms with E-state index in [9.17, 15) is 13.6 Å². The molecule has 0 atom stereocenters. The van der Waals surface area contributed by atoms with E-state index in [0.717, 1.165) is 28.6 Å². The van der Waals surface area contributed by atoms with Crippen molar-refractivity contribution in [1.82, 2.24) is 9.97 Å². The Morgan fingerprint density at radius 1 is 1.30 bits per heavy atom. The summed E-state index contributed by atoms with van der Waals surface area (Å²) in [7, 11) is 0. The molecule has 0 spiro atoms. The van der Waals surface area contributed by atoms with Crippen molar-refractivity contribution < 1.29 is 18.3 Å². The van der Waals surface area contributed by atoms with Crippen molar-refractivity contribution in [2.45, 2.75) is 57.3 Å². The highest BCUT2D eigenvalue weighted by molar-refractivity contribution is 7.20. The number of carbonyl (C=O) groups excluding carboxylic acids is 1. The molecule has 2 fully saturated rings. The van der Waals surface area contributed by atoms with Gasteiger partial charge in [-0.3, -0.25) is 0 Å². The summed E-state index contributed by atoms with van der Waals surface area (Å²) in [6.45, 7) is 2.74. The number of anilines is 1. The van der Waals surface area contributed by atoms with Crippen LogP contribution in [0, 0.1) is 5.92 Å². The maximum atomic E-state index is 13.4. The van der Waals surface area contributed by atoms with Gasteiger partial charge in [0, 0.05) is 19.4 Å². The third kappa shape index (κ3) is 3.90. The molecular weight excluding hydrogens is 372 g/mol. The lowest BCUT2D eigenvalue weighted by Gasteiger charge is -2.28. The number of alkyl halides is 2. The monoisotopic (exact) mass is 395 g/mol. The summed E-state index contributed by atoms with van der Waals surface area (Å²) in [4.78, 5) is 22.5. The van der Waals surface area contributed by atoms with Crippen LogP contribution in [0.2, 0.25) is 0 Å². The fourth-order valence-corrected chi connectivity index (χ4v) is 4.87. The number of nitrogens with one attached hydrogen (secondary N) is 1. The van der Waals surface area contributed by atoms with Crippen LogP contribution in [0.4, 0.5) is 14.6 Å². The zero-order valence-electron chi connectivity index (χ0n) is 15.3. The average molecular weight is 395 g/mol. The van der Waals surface area contributed by atoms with Crippen molar-refractivity contribution in [2.24, 2.45) is 5.92 Å². The summed E-state index contributed by atoms with van der Waals surface area (Å²) in [5, 5.41) is 4.25. The minimum Gasteiger partial charge on any atom is -0.462 e. The van der Waals surface area contributed by atoms with Crippen molar-refractivity contribution in [1.29, 1.82) is 0 Å². The minimum absolute atomic E-state index is 0.0443. The van der Waals surface area contributed by atoms with Gasteiger partial charge in [0.15, 0.2) is 0 Å². The molecule has 2 aliphatic rings. The van der Waals surface area contributed by atoms with Gasteiger partial charge >= 0.3 is 5.97 Å². The summed E-state index contributed by atoms with van der Waals surface area (Å²) in [6, 6.07) is 0. The van der Waals surface area contributed by atoms with Crippen LogP contribution in [0.5, 0.6) is 0 Å². The third-order valence-corrected chi connectivity index (χ3v) is 6.46. The first kappa shape index (κ1) is 18.5. The Morgan fingerprint density at radius 2 is 2.04 bits per heavy atom. The molecule has 0 unspecified atom stereocenters. The van der Waals surface area contributed by atoms with E-state index in [2.05, 4.69) is 15.3 Å². The Morgan fingerprint density at radius 3 is 2.70 bits per heavy atom. The number of hydrogen-bond donors (Lipinski definition) is 1. The fourth-order valence-electron chi connectivity index (χ4n) is 3.74. The number of nitrogens with zero attached hydrogens (tertiary/aromatic N) is 2. The van der Waals surface area contributed by atoms with E-state index < -0.39 is 5.92 Å². The number of thiophene rings is 1. The van der Waals surface area contributed by atoms with Gasteiger partial charge in [-0.2, -0.15) is 0 Å². The topological polar surface area (TPSA) is 64.1 Å². The number of esters is 1. The Hall–Kier alpha value is -1.83. The van der Waals surface area contributed by atoms with Crippen LogP contribution in [0.3, 0.4) is 0 Å². The lowest BCUT2D eigenvalue weighted by atomic mass is 9.87. The molecule has 5 nitrogen and oxygen atoms in total. The van der Waals surface area contributed by atoms with Gasteiger partial charge in [-0.15, -0.1) is 11.3 Å². The first-order valence-corrected chi connectivity index (χ1v) is 10.4. The van der Waals surface area contributed by atoms with Crippen LogP contribution in [0.15, 0.2) is 6.33 Å². The summed E-state index contributed by atoms with van der Waals surface area (Å²) in [5.74, 6) is -1.56. The van der Waals surface area contributed by atoms with Crippen molar-refractivity contribution in [3.05, 3.63) is 16.8 Å². The summed E-state index contributed by atoms with van der Waals surface area (Å²) in [5.41, 5.74) is 0.992. The fraction of sp³-hybridized carbons (Fsp3) is 0.632. The van der Waals surface area contributed by atoms with E-state index in [4.69, 9.17) is 4.74 Å². The number of fused-ring (bicyclic) bond motifs is 1. The molecular formula is C19H23F2N3O2S. The molecule has 4 rings (SSSR count). The van der Waals surface area contributed by atoms with Crippen LogP contribution in [0.25, 0.3) is 10.2 Å². The molecule has 2 aromatic rings. The molecule has 0 amide bonds. The molecule has 146 valence electrons. The van der Waals surface area contributed by atoms with Crippen LogP contribution in [-0.4, -0.2) is 35.0 Å². The zero-order valence-corrected chi connectivity index (χ0v) is 16.1. The number of halogens is 2. The quantitative estimate of drug-likeness (QED) is 0.699. The van der Waals surface area contributed by atoms with Crippen molar-refractivity contribution >= 4 is 33.3 Å².